The number of nitrogens with two attached hydrogens (primary N) is 1. The third kappa shape index (κ3) is 3.10. The predicted molar refractivity (Wildman–Crippen MR) is 97.0 cm³/mol. The molecule has 0 bridgehead atoms. The molecule has 0 saturated carbocycles. The van der Waals surface area contributed by atoms with Crippen LogP contribution >= 0.6 is 0 Å². The van der Waals surface area contributed by atoms with Crippen LogP contribution in [0.15, 0.2) is 42.5 Å². The van der Waals surface area contributed by atoms with Gasteiger partial charge in [0.2, 0.25) is 0 Å². The first-order valence-electron chi connectivity index (χ1n) is 8.19. The molecule has 1 heterocycles. The number of ether oxygens (including phenoxy) is 1. The summed E-state index contributed by atoms with van der Waals surface area (Å²) in [4.78, 5) is 3.61. The van der Waals surface area contributed by atoms with Crippen molar-refractivity contribution in [3.63, 3.8) is 0 Å². The van der Waals surface area contributed by atoms with Crippen molar-refractivity contribution < 1.29 is 4.74 Å². The Morgan fingerprint density at radius 3 is 2.65 bits per heavy atom. The van der Waals surface area contributed by atoms with Crippen LogP contribution < -0.4 is 10.5 Å². The molecule has 1 aromatic heterocycles. The molecule has 3 rings (SSSR count). The number of aromatic amines is 1. The Kier molecular flexibility index (Phi) is 4.68. The van der Waals surface area contributed by atoms with Gasteiger partial charge in [-0.05, 0) is 62.1 Å². The van der Waals surface area contributed by atoms with Crippen LogP contribution in [0.25, 0.3) is 22.2 Å². The number of hydrogen-bond donors (Lipinski definition) is 2. The second kappa shape index (κ2) is 6.88. The fourth-order valence-electron chi connectivity index (χ4n) is 3.14. The summed E-state index contributed by atoms with van der Waals surface area (Å²) in [5, 5.41) is 1.25. The lowest BCUT2D eigenvalue weighted by molar-refractivity contribution is 0.415. The summed E-state index contributed by atoms with van der Waals surface area (Å²) in [6.45, 7) is 2.90. The highest BCUT2D eigenvalue weighted by Crippen LogP contribution is 2.34. The highest BCUT2D eigenvalue weighted by atomic mass is 16.5. The summed E-state index contributed by atoms with van der Waals surface area (Å²) in [5.41, 5.74) is 12.0. The summed E-state index contributed by atoms with van der Waals surface area (Å²) in [7, 11) is 1.71. The van der Waals surface area contributed by atoms with E-state index in [1.807, 2.05) is 6.07 Å². The first-order chi connectivity index (χ1) is 11.2. The number of H-pyrrole nitrogens is 1. The van der Waals surface area contributed by atoms with Crippen molar-refractivity contribution in [3.05, 3.63) is 53.6 Å². The van der Waals surface area contributed by atoms with Gasteiger partial charge in [0.25, 0.3) is 0 Å². The summed E-state index contributed by atoms with van der Waals surface area (Å²) >= 11 is 0. The van der Waals surface area contributed by atoms with Gasteiger partial charge in [-0.25, -0.2) is 0 Å². The molecule has 0 aliphatic heterocycles. The van der Waals surface area contributed by atoms with Crippen molar-refractivity contribution in [1.29, 1.82) is 0 Å². The number of nitrogens with one attached hydrogen (secondary N) is 1. The lowest BCUT2D eigenvalue weighted by atomic mass is 9.98. The molecule has 3 nitrogen and oxygen atoms in total. The van der Waals surface area contributed by atoms with Gasteiger partial charge in [-0.2, -0.15) is 0 Å². The molecule has 120 valence electrons. The van der Waals surface area contributed by atoms with Crippen molar-refractivity contribution in [3.8, 4) is 17.0 Å². The molecule has 0 atom stereocenters. The Hall–Kier alpha value is -2.26. The zero-order valence-corrected chi connectivity index (χ0v) is 13.9. The smallest absolute Gasteiger partial charge is 0.119 e. The summed E-state index contributed by atoms with van der Waals surface area (Å²) in [6.07, 6.45) is 3.16. The molecule has 2 aromatic carbocycles. The molecule has 0 fully saturated rings. The van der Waals surface area contributed by atoms with E-state index in [0.717, 1.165) is 37.1 Å². The highest BCUT2D eigenvalue weighted by molar-refractivity contribution is 5.92. The van der Waals surface area contributed by atoms with E-state index in [4.69, 9.17) is 10.5 Å². The maximum Gasteiger partial charge on any atom is 0.119 e. The Morgan fingerprint density at radius 1 is 1.09 bits per heavy atom. The van der Waals surface area contributed by atoms with E-state index in [2.05, 4.69) is 48.3 Å². The van der Waals surface area contributed by atoms with Crippen LogP contribution in [-0.4, -0.2) is 18.6 Å². The molecule has 23 heavy (non-hydrogen) atoms. The zero-order chi connectivity index (χ0) is 16.2. The van der Waals surface area contributed by atoms with Gasteiger partial charge in [0.15, 0.2) is 0 Å². The largest absolute Gasteiger partial charge is 0.497 e. The van der Waals surface area contributed by atoms with Crippen molar-refractivity contribution in [2.45, 2.75) is 26.2 Å². The van der Waals surface area contributed by atoms with E-state index in [0.29, 0.717) is 0 Å². The molecule has 3 N–H and O–H groups in total. The maximum absolute atomic E-state index is 5.67. The number of benzene rings is 2. The molecule has 0 spiro atoms. The van der Waals surface area contributed by atoms with Gasteiger partial charge < -0.3 is 15.5 Å². The number of methoxy groups -OCH3 is 1. The Labute approximate surface area is 137 Å². The molecule has 3 heteroatoms. The topological polar surface area (TPSA) is 51.0 Å². The SMILES string of the molecule is COc1ccc2[nH]c(-c3ccccc3C)c(CCCCN)c2c1. The van der Waals surface area contributed by atoms with Crippen LogP contribution in [0.3, 0.4) is 0 Å². The molecule has 0 aliphatic carbocycles. The number of unbranched alkanes of at least 4 members (excludes halogenated alkanes) is 1. The minimum Gasteiger partial charge on any atom is -0.497 e. The van der Waals surface area contributed by atoms with E-state index in [1.165, 1.54) is 27.8 Å². The van der Waals surface area contributed by atoms with Gasteiger partial charge in [0, 0.05) is 22.2 Å². The van der Waals surface area contributed by atoms with Crippen LogP contribution in [0.5, 0.6) is 5.75 Å². The van der Waals surface area contributed by atoms with E-state index in [1.54, 1.807) is 7.11 Å². The van der Waals surface area contributed by atoms with E-state index >= 15 is 0 Å². The van der Waals surface area contributed by atoms with Crippen LogP contribution in [0, 0.1) is 6.92 Å². The first kappa shape index (κ1) is 15.6. The predicted octanol–water partition coefficient (Wildman–Crippen LogP) is 4.43. The molecule has 3 aromatic rings. The van der Waals surface area contributed by atoms with Crippen LogP contribution in [0.4, 0.5) is 0 Å². The quantitative estimate of drug-likeness (QED) is 0.662. The molecule has 0 amide bonds. The number of hydrogen-bond acceptors (Lipinski definition) is 2. The Morgan fingerprint density at radius 2 is 1.91 bits per heavy atom. The van der Waals surface area contributed by atoms with E-state index in [-0.39, 0.29) is 0 Å². The van der Waals surface area contributed by atoms with Gasteiger partial charge >= 0.3 is 0 Å². The van der Waals surface area contributed by atoms with Gasteiger partial charge in [0.1, 0.15) is 5.75 Å². The first-order valence-corrected chi connectivity index (χ1v) is 8.19. The lowest BCUT2D eigenvalue weighted by Gasteiger charge is -2.08. The molecular formula is C20H24N2O. The fraction of sp³-hybridized carbons (Fsp3) is 0.300. The monoisotopic (exact) mass is 308 g/mol. The van der Waals surface area contributed by atoms with Crippen molar-refractivity contribution in [1.82, 2.24) is 4.98 Å². The second-order valence-electron chi connectivity index (χ2n) is 5.95. The van der Waals surface area contributed by atoms with Crippen molar-refractivity contribution in [2.75, 3.05) is 13.7 Å². The van der Waals surface area contributed by atoms with Crippen LogP contribution in [0.1, 0.15) is 24.0 Å². The van der Waals surface area contributed by atoms with Gasteiger partial charge in [-0.3, -0.25) is 0 Å². The average Bonchev–Trinajstić information content (AvgIpc) is 2.93. The standard InChI is InChI=1S/C20H24N2O/c1-14-7-3-4-8-16(14)20-17(9-5-6-12-21)18-13-15(23-2)10-11-19(18)22-20/h3-4,7-8,10-11,13,22H,5-6,9,12,21H2,1-2H3. The molecule has 0 unspecified atom stereocenters. The minimum atomic E-state index is 0.741. The lowest BCUT2D eigenvalue weighted by Crippen LogP contribution is -1.99. The molecule has 0 saturated heterocycles. The van der Waals surface area contributed by atoms with Gasteiger partial charge in [0.05, 0.1) is 7.11 Å². The van der Waals surface area contributed by atoms with Gasteiger partial charge in [-0.1, -0.05) is 24.3 Å². The molecular weight excluding hydrogens is 284 g/mol. The fourth-order valence-corrected chi connectivity index (χ4v) is 3.14. The van der Waals surface area contributed by atoms with E-state index < -0.39 is 0 Å². The number of aromatic nitrogens is 1. The Balaban J connectivity index is 2.15. The minimum absolute atomic E-state index is 0.741. The third-order valence-corrected chi connectivity index (χ3v) is 4.41. The molecule has 0 aliphatic rings. The summed E-state index contributed by atoms with van der Waals surface area (Å²) < 4.78 is 5.41. The Bertz CT molecular complexity index is 805. The van der Waals surface area contributed by atoms with E-state index in [9.17, 15) is 0 Å². The number of fused-ring (bicyclic) bond motifs is 1. The van der Waals surface area contributed by atoms with Crippen molar-refractivity contribution >= 4 is 10.9 Å². The average molecular weight is 308 g/mol. The maximum atomic E-state index is 5.67. The normalized spacial score (nSPS) is 11.1. The summed E-state index contributed by atoms with van der Waals surface area (Å²) in [5.74, 6) is 0.896. The second-order valence-corrected chi connectivity index (χ2v) is 5.95. The zero-order valence-electron chi connectivity index (χ0n) is 13.9. The van der Waals surface area contributed by atoms with Crippen molar-refractivity contribution in [2.24, 2.45) is 5.73 Å². The number of aryl methyl sites for hydroxylation is 2. The molecule has 0 radical (unpaired) electrons. The highest BCUT2D eigenvalue weighted by Gasteiger charge is 2.15. The summed E-state index contributed by atoms with van der Waals surface area (Å²) in [6, 6.07) is 14.8. The number of rotatable bonds is 6. The van der Waals surface area contributed by atoms with Crippen LogP contribution in [0.2, 0.25) is 0 Å². The van der Waals surface area contributed by atoms with Gasteiger partial charge in [-0.15, -0.1) is 0 Å². The third-order valence-electron chi connectivity index (χ3n) is 4.41. The van der Waals surface area contributed by atoms with Crippen LogP contribution in [-0.2, 0) is 6.42 Å².